The molecule has 1 fully saturated rings. The van der Waals surface area contributed by atoms with Gasteiger partial charge in [0.2, 0.25) is 5.89 Å². The Morgan fingerprint density at radius 2 is 1.86 bits per heavy atom. The van der Waals surface area contributed by atoms with Gasteiger partial charge < -0.3 is 15.0 Å². The van der Waals surface area contributed by atoms with E-state index in [0.717, 1.165) is 44.3 Å². The summed E-state index contributed by atoms with van der Waals surface area (Å²) in [5.74, 6) is 2.20. The summed E-state index contributed by atoms with van der Waals surface area (Å²) in [5, 5.41) is 4.08. The number of hydrogen-bond donors (Lipinski definition) is 1. The SMILES string of the molecule is COc1ccc(CCc2nc(C3(N)CCCC3)no2)cc1.Cl. The molecule has 1 heterocycles. The van der Waals surface area contributed by atoms with Gasteiger partial charge in [0.25, 0.3) is 0 Å². The van der Waals surface area contributed by atoms with E-state index in [1.165, 1.54) is 5.56 Å². The molecule has 6 heteroatoms. The van der Waals surface area contributed by atoms with Crippen LogP contribution in [0.4, 0.5) is 0 Å². The average Bonchev–Trinajstić information content (AvgIpc) is 3.15. The molecule has 1 aliphatic rings. The van der Waals surface area contributed by atoms with Crippen molar-refractivity contribution < 1.29 is 9.26 Å². The van der Waals surface area contributed by atoms with Gasteiger partial charge in [0.1, 0.15) is 5.75 Å². The number of hydrogen-bond acceptors (Lipinski definition) is 5. The molecule has 0 bridgehead atoms. The molecular formula is C16H22ClN3O2. The van der Waals surface area contributed by atoms with Crippen molar-refractivity contribution in [3.05, 3.63) is 41.5 Å². The molecule has 0 unspecified atom stereocenters. The minimum absolute atomic E-state index is 0. The van der Waals surface area contributed by atoms with Crippen LogP contribution in [-0.4, -0.2) is 17.3 Å². The highest BCUT2D eigenvalue weighted by molar-refractivity contribution is 5.85. The highest BCUT2D eigenvalue weighted by Gasteiger charge is 2.35. The molecule has 1 aromatic carbocycles. The summed E-state index contributed by atoms with van der Waals surface area (Å²) in [6.45, 7) is 0. The smallest absolute Gasteiger partial charge is 0.227 e. The second-order valence-corrected chi connectivity index (χ2v) is 5.72. The molecule has 1 saturated carbocycles. The Bertz CT molecular complexity index is 592. The van der Waals surface area contributed by atoms with Crippen molar-refractivity contribution in [1.82, 2.24) is 10.1 Å². The molecule has 22 heavy (non-hydrogen) atoms. The molecule has 0 saturated heterocycles. The second kappa shape index (κ2) is 7.11. The lowest BCUT2D eigenvalue weighted by Gasteiger charge is -2.17. The predicted molar refractivity (Wildman–Crippen MR) is 86.3 cm³/mol. The van der Waals surface area contributed by atoms with E-state index < -0.39 is 0 Å². The maximum Gasteiger partial charge on any atom is 0.227 e. The number of aromatic nitrogens is 2. The van der Waals surface area contributed by atoms with E-state index >= 15 is 0 Å². The van der Waals surface area contributed by atoms with Gasteiger partial charge in [-0.25, -0.2) is 0 Å². The number of benzene rings is 1. The van der Waals surface area contributed by atoms with Gasteiger partial charge in [-0.05, 0) is 37.0 Å². The lowest BCUT2D eigenvalue weighted by molar-refractivity contribution is 0.348. The molecule has 0 aliphatic heterocycles. The molecule has 0 atom stereocenters. The number of rotatable bonds is 5. The lowest BCUT2D eigenvalue weighted by Crippen LogP contribution is -2.34. The van der Waals surface area contributed by atoms with Crippen LogP contribution in [0.25, 0.3) is 0 Å². The highest BCUT2D eigenvalue weighted by atomic mass is 35.5. The Morgan fingerprint density at radius 1 is 1.18 bits per heavy atom. The summed E-state index contributed by atoms with van der Waals surface area (Å²) in [4.78, 5) is 4.49. The van der Waals surface area contributed by atoms with E-state index in [1.807, 2.05) is 12.1 Å². The van der Waals surface area contributed by atoms with Gasteiger partial charge in [0, 0.05) is 6.42 Å². The first-order valence-electron chi connectivity index (χ1n) is 7.44. The van der Waals surface area contributed by atoms with Crippen LogP contribution in [0.2, 0.25) is 0 Å². The Morgan fingerprint density at radius 3 is 2.50 bits per heavy atom. The van der Waals surface area contributed by atoms with E-state index in [0.29, 0.717) is 11.7 Å². The van der Waals surface area contributed by atoms with Gasteiger partial charge in [-0.3, -0.25) is 0 Å². The molecule has 1 aliphatic carbocycles. The van der Waals surface area contributed by atoms with E-state index in [4.69, 9.17) is 15.0 Å². The van der Waals surface area contributed by atoms with Crippen molar-refractivity contribution in [2.75, 3.05) is 7.11 Å². The van der Waals surface area contributed by atoms with Crippen molar-refractivity contribution in [3.8, 4) is 5.75 Å². The van der Waals surface area contributed by atoms with Gasteiger partial charge >= 0.3 is 0 Å². The highest BCUT2D eigenvalue weighted by Crippen LogP contribution is 2.34. The Labute approximate surface area is 136 Å². The van der Waals surface area contributed by atoms with E-state index in [1.54, 1.807) is 7.11 Å². The van der Waals surface area contributed by atoms with Crippen LogP contribution in [-0.2, 0) is 18.4 Å². The minimum Gasteiger partial charge on any atom is -0.497 e. The minimum atomic E-state index is -0.373. The molecule has 120 valence electrons. The fourth-order valence-corrected chi connectivity index (χ4v) is 2.83. The van der Waals surface area contributed by atoms with Crippen LogP contribution in [0.1, 0.15) is 43.0 Å². The molecule has 0 radical (unpaired) electrons. The predicted octanol–water partition coefficient (Wildman–Crippen LogP) is 3.01. The van der Waals surface area contributed by atoms with Crippen LogP contribution in [0.15, 0.2) is 28.8 Å². The molecule has 3 rings (SSSR count). The molecule has 0 amide bonds. The first-order chi connectivity index (χ1) is 10.2. The molecule has 2 N–H and O–H groups in total. The number of nitrogens with zero attached hydrogens (tertiary/aromatic N) is 2. The zero-order valence-electron chi connectivity index (χ0n) is 12.7. The second-order valence-electron chi connectivity index (χ2n) is 5.72. The van der Waals surface area contributed by atoms with Crippen molar-refractivity contribution >= 4 is 12.4 Å². The van der Waals surface area contributed by atoms with Crippen molar-refractivity contribution in [2.45, 2.75) is 44.1 Å². The summed E-state index contributed by atoms with van der Waals surface area (Å²) in [6, 6.07) is 8.03. The fraction of sp³-hybridized carbons (Fsp3) is 0.500. The number of aryl methyl sites for hydroxylation is 2. The van der Waals surface area contributed by atoms with Gasteiger partial charge in [0.05, 0.1) is 12.6 Å². The van der Waals surface area contributed by atoms with Crippen LogP contribution in [0.3, 0.4) is 0 Å². The number of methoxy groups -OCH3 is 1. The first kappa shape index (κ1) is 16.8. The summed E-state index contributed by atoms with van der Waals surface area (Å²) in [5.41, 5.74) is 7.18. The van der Waals surface area contributed by atoms with E-state index in [2.05, 4.69) is 22.3 Å². The van der Waals surface area contributed by atoms with E-state index in [9.17, 15) is 0 Å². The van der Waals surface area contributed by atoms with Gasteiger partial charge in [-0.1, -0.05) is 30.1 Å². The third-order valence-electron chi connectivity index (χ3n) is 4.20. The fourth-order valence-electron chi connectivity index (χ4n) is 2.83. The maximum absolute atomic E-state index is 6.33. The van der Waals surface area contributed by atoms with Crippen LogP contribution < -0.4 is 10.5 Å². The quantitative estimate of drug-likeness (QED) is 0.915. The molecule has 1 aromatic heterocycles. The number of halogens is 1. The van der Waals surface area contributed by atoms with Crippen molar-refractivity contribution in [2.24, 2.45) is 5.73 Å². The zero-order valence-corrected chi connectivity index (χ0v) is 13.6. The lowest BCUT2D eigenvalue weighted by atomic mass is 9.99. The summed E-state index contributed by atoms with van der Waals surface area (Å²) >= 11 is 0. The normalized spacial score (nSPS) is 16.3. The summed E-state index contributed by atoms with van der Waals surface area (Å²) in [7, 11) is 1.67. The zero-order chi connectivity index (χ0) is 14.7. The van der Waals surface area contributed by atoms with Gasteiger partial charge in [0.15, 0.2) is 5.82 Å². The third-order valence-corrected chi connectivity index (χ3v) is 4.20. The number of nitrogens with two attached hydrogens (primary N) is 1. The Kier molecular flexibility index (Phi) is 5.42. The molecule has 5 nitrogen and oxygen atoms in total. The van der Waals surface area contributed by atoms with Gasteiger partial charge in [-0.2, -0.15) is 4.98 Å². The number of ether oxygens (including phenoxy) is 1. The summed E-state index contributed by atoms with van der Waals surface area (Å²) in [6.07, 6.45) is 5.78. The van der Waals surface area contributed by atoms with Gasteiger partial charge in [-0.15, -0.1) is 12.4 Å². The van der Waals surface area contributed by atoms with Crippen molar-refractivity contribution in [1.29, 1.82) is 0 Å². The third kappa shape index (κ3) is 3.59. The molecule has 2 aromatic rings. The summed E-state index contributed by atoms with van der Waals surface area (Å²) < 4.78 is 10.5. The largest absolute Gasteiger partial charge is 0.497 e. The topological polar surface area (TPSA) is 74.2 Å². The molecular weight excluding hydrogens is 302 g/mol. The monoisotopic (exact) mass is 323 g/mol. The van der Waals surface area contributed by atoms with Crippen molar-refractivity contribution in [3.63, 3.8) is 0 Å². The van der Waals surface area contributed by atoms with Crippen LogP contribution in [0.5, 0.6) is 5.75 Å². The Hall–Kier alpha value is -1.59. The van der Waals surface area contributed by atoms with Crippen LogP contribution >= 0.6 is 12.4 Å². The van der Waals surface area contributed by atoms with E-state index in [-0.39, 0.29) is 17.9 Å². The Balaban J connectivity index is 0.00000176. The maximum atomic E-state index is 6.33. The average molecular weight is 324 g/mol. The standard InChI is InChI=1S/C16H21N3O2.ClH/c1-20-13-7-4-12(5-8-13)6-9-14-18-15(19-21-14)16(17)10-2-3-11-16;/h4-5,7-8H,2-3,6,9-11,17H2,1H3;1H. The molecule has 0 spiro atoms. The first-order valence-corrected chi connectivity index (χ1v) is 7.44. The van der Waals surface area contributed by atoms with Crippen LogP contribution in [0, 0.1) is 0 Å².